The molecule has 0 fully saturated rings. The summed E-state index contributed by atoms with van der Waals surface area (Å²) in [6.45, 7) is 6.68. The molecule has 0 aliphatic heterocycles. The molecule has 0 aromatic carbocycles. The van der Waals surface area contributed by atoms with Crippen molar-refractivity contribution in [1.82, 2.24) is 0 Å². The second-order valence-electron chi connectivity index (χ2n) is 21.0. The van der Waals surface area contributed by atoms with Crippen LogP contribution in [0.1, 0.15) is 342 Å². The van der Waals surface area contributed by atoms with Gasteiger partial charge in [-0.05, 0) is 70.6 Å². The average Bonchev–Trinajstić information content (AvgIpc) is 3.35. The van der Waals surface area contributed by atoms with Gasteiger partial charge in [0.25, 0.3) is 0 Å². The minimum Gasteiger partial charge on any atom is -0.462 e. The standard InChI is InChI=1S/C63H118O6/c1-4-7-10-13-16-19-22-25-28-30-32-34-35-38-41-44-47-50-53-56-62(65)68-59-60(58-67-61(64)55-52-49-46-43-40-37-27-24-21-18-15-12-9-6-3)69-63(66)57-54-51-48-45-42-39-36-33-31-29-26-23-20-17-14-11-8-5-2/h24,27,29,31,60H,4-23,25-26,28,30,32-59H2,1-3H3/b27-24-,31-29-. The largest absolute Gasteiger partial charge is 0.462 e. The summed E-state index contributed by atoms with van der Waals surface area (Å²) in [6.07, 6.45) is 68.9. The number of ether oxygens (including phenoxy) is 3. The summed E-state index contributed by atoms with van der Waals surface area (Å²) in [5, 5.41) is 0. The molecule has 0 bridgehead atoms. The molecule has 0 saturated carbocycles. The Morgan fingerprint density at radius 1 is 0.275 bits per heavy atom. The van der Waals surface area contributed by atoms with Crippen LogP contribution in [0.3, 0.4) is 0 Å². The average molecular weight is 972 g/mol. The van der Waals surface area contributed by atoms with E-state index in [4.69, 9.17) is 14.2 Å². The highest BCUT2D eigenvalue weighted by Gasteiger charge is 2.19. The minimum absolute atomic E-state index is 0.0708. The molecule has 0 rings (SSSR count). The molecule has 0 spiro atoms. The first-order valence-corrected chi connectivity index (χ1v) is 30.8. The number of unbranched alkanes of at least 4 members (excludes halogenated alkanes) is 42. The van der Waals surface area contributed by atoms with Crippen molar-refractivity contribution in [3.05, 3.63) is 24.3 Å². The molecule has 0 amide bonds. The molecule has 0 aliphatic carbocycles. The van der Waals surface area contributed by atoms with Gasteiger partial charge in [-0.2, -0.15) is 0 Å². The van der Waals surface area contributed by atoms with Crippen molar-refractivity contribution in [1.29, 1.82) is 0 Å². The van der Waals surface area contributed by atoms with Gasteiger partial charge in [0, 0.05) is 19.3 Å². The van der Waals surface area contributed by atoms with Gasteiger partial charge in [-0.1, -0.05) is 276 Å². The van der Waals surface area contributed by atoms with E-state index in [-0.39, 0.29) is 31.1 Å². The summed E-state index contributed by atoms with van der Waals surface area (Å²) in [6, 6.07) is 0. The monoisotopic (exact) mass is 971 g/mol. The Labute approximate surface area is 430 Å². The van der Waals surface area contributed by atoms with E-state index in [9.17, 15) is 14.4 Å². The fourth-order valence-corrected chi connectivity index (χ4v) is 9.26. The zero-order valence-electron chi connectivity index (χ0n) is 46.6. The van der Waals surface area contributed by atoms with Crippen LogP contribution in [0.25, 0.3) is 0 Å². The van der Waals surface area contributed by atoms with Crippen molar-refractivity contribution in [2.75, 3.05) is 13.2 Å². The maximum Gasteiger partial charge on any atom is 0.306 e. The van der Waals surface area contributed by atoms with Gasteiger partial charge in [-0.15, -0.1) is 0 Å². The molecule has 1 unspecified atom stereocenters. The van der Waals surface area contributed by atoms with E-state index in [0.717, 1.165) is 64.2 Å². The van der Waals surface area contributed by atoms with Crippen molar-refractivity contribution < 1.29 is 28.6 Å². The number of hydrogen-bond donors (Lipinski definition) is 0. The zero-order valence-corrected chi connectivity index (χ0v) is 46.6. The fourth-order valence-electron chi connectivity index (χ4n) is 9.26. The molecule has 6 nitrogen and oxygen atoms in total. The first-order valence-electron chi connectivity index (χ1n) is 30.8. The lowest BCUT2D eigenvalue weighted by Gasteiger charge is -2.18. The second kappa shape index (κ2) is 58.5. The number of carbonyl (C=O) groups is 3. The Bertz CT molecular complexity index is 1110. The summed E-state index contributed by atoms with van der Waals surface area (Å²) in [7, 11) is 0. The van der Waals surface area contributed by atoms with Gasteiger partial charge in [0.2, 0.25) is 0 Å². The van der Waals surface area contributed by atoms with Crippen LogP contribution < -0.4 is 0 Å². The number of rotatable bonds is 57. The van der Waals surface area contributed by atoms with Crippen molar-refractivity contribution in [2.45, 2.75) is 348 Å². The van der Waals surface area contributed by atoms with Crippen LogP contribution in [0, 0.1) is 0 Å². The molecule has 0 aliphatic rings. The molecule has 0 N–H and O–H groups in total. The Morgan fingerprint density at radius 2 is 0.478 bits per heavy atom. The van der Waals surface area contributed by atoms with E-state index in [0.29, 0.717) is 19.3 Å². The number of carbonyl (C=O) groups excluding carboxylic acids is 3. The number of hydrogen-bond acceptors (Lipinski definition) is 6. The summed E-state index contributed by atoms with van der Waals surface area (Å²) in [5.74, 6) is -0.861. The molecule has 0 radical (unpaired) electrons. The smallest absolute Gasteiger partial charge is 0.306 e. The first kappa shape index (κ1) is 66.9. The molecule has 0 heterocycles. The van der Waals surface area contributed by atoms with Gasteiger partial charge in [0.1, 0.15) is 13.2 Å². The van der Waals surface area contributed by atoms with E-state index >= 15 is 0 Å². The van der Waals surface area contributed by atoms with Crippen molar-refractivity contribution >= 4 is 17.9 Å². The van der Waals surface area contributed by atoms with Gasteiger partial charge in [0.05, 0.1) is 0 Å². The molecule has 0 aromatic rings. The Balaban J connectivity index is 4.32. The Morgan fingerprint density at radius 3 is 0.725 bits per heavy atom. The Kier molecular flexibility index (Phi) is 56.7. The van der Waals surface area contributed by atoms with Crippen molar-refractivity contribution in [3.63, 3.8) is 0 Å². The highest BCUT2D eigenvalue weighted by molar-refractivity contribution is 5.71. The molecule has 0 aromatic heterocycles. The van der Waals surface area contributed by atoms with E-state index in [2.05, 4.69) is 45.1 Å². The van der Waals surface area contributed by atoms with Gasteiger partial charge in [-0.25, -0.2) is 0 Å². The third-order valence-electron chi connectivity index (χ3n) is 13.9. The van der Waals surface area contributed by atoms with Crippen LogP contribution >= 0.6 is 0 Å². The maximum atomic E-state index is 12.9. The minimum atomic E-state index is -0.774. The molecular formula is C63H118O6. The number of esters is 3. The second-order valence-corrected chi connectivity index (χ2v) is 21.0. The SMILES string of the molecule is CCCCCCC/C=C\CCCCCCCC(=O)OCC(COC(=O)CCCCCCCCCCCCCCCCCCCCC)OC(=O)CCCCCCCCC/C=C\CCCCCCCCC. The zero-order chi connectivity index (χ0) is 50.0. The van der Waals surface area contributed by atoms with Crippen LogP contribution in [0.15, 0.2) is 24.3 Å². The number of allylic oxidation sites excluding steroid dienone is 4. The predicted molar refractivity (Wildman–Crippen MR) is 298 cm³/mol. The topological polar surface area (TPSA) is 78.9 Å². The van der Waals surface area contributed by atoms with Crippen LogP contribution in [0.2, 0.25) is 0 Å². The fraction of sp³-hybridized carbons (Fsp3) is 0.889. The first-order chi connectivity index (χ1) is 34.0. The molecule has 0 saturated heterocycles. The third-order valence-corrected chi connectivity index (χ3v) is 13.9. The van der Waals surface area contributed by atoms with Crippen LogP contribution in [0.4, 0.5) is 0 Å². The van der Waals surface area contributed by atoms with E-state index < -0.39 is 6.10 Å². The van der Waals surface area contributed by atoms with E-state index in [1.165, 1.54) is 238 Å². The molecule has 6 heteroatoms. The van der Waals surface area contributed by atoms with E-state index in [1.54, 1.807) is 0 Å². The third kappa shape index (κ3) is 56.7. The lowest BCUT2D eigenvalue weighted by molar-refractivity contribution is -0.167. The highest BCUT2D eigenvalue weighted by atomic mass is 16.6. The quantitative estimate of drug-likeness (QED) is 0.0261. The Hall–Kier alpha value is -2.11. The van der Waals surface area contributed by atoms with Gasteiger partial charge >= 0.3 is 17.9 Å². The van der Waals surface area contributed by atoms with E-state index in [1.807, 2.05) is 0 Å². The van der Waals surface area contributed by atoms with Crippen LogP contribution in [-0.2, 0) is 28.6 Å². The predicted octanol–water partition coefficient (Wildman–Crippen LogP) is 20.7. The summed E-state index contributed by atoms with van der Waals surface area (Å²) in [5.41, 5.74) is 0. The maximum absolute atomic E-state index is 12.9. The van der Waals surface area contributed by atoms with Gasteiger partial charge in [-0.3, -0.25) is 14.4 Å². The van der Waals surface area contributed by atoms with Crippen molar-refractivity contribution in [2.24, 2.45) is 0 Å². The lowest BCUT2D eigenvalue weighted by atomic mass is 10.0. The van der Waals surface area contributed by atoms with Crippen molar-refractivity contribution in [3.8, 4) is 0 Å². The highest BCUT2D eigenvalue weighted by Crippen LogP contribution is 2.17. The van der Waals surface area contributed by atoms with Crippen LogP contribution in [0.5, 0.6) is 0 Å². The van der Waals surface area contributed by atoms with Crippen LogP contribution in [-0.4, -0.2) is 37.2 Å². The summed E-state index contributed by atoms with van der Waals surface area (Å²) < 4.78 is 16.9. The molecular weight excluding hydrogens is 853 g/mol. The van der Waals surface area contributed by atoms with Gasteiger partial charge < -0.3 is 14.2 Å². The normalized spacial score (nSPS) is 12.1. The lowest BCUT2D eigenvalue weighted by Crippen LogP contribution is -2.30. The molecule has 1 atom stereocenters. The summed E-state index contributed by atoms with van der Waals surface area (Å²) >= 11 is 0. The molecule has 69 heavy (non-hydrogen) atoms. The molecule has 406 valence electrons. The summed E-state index contributed by atoms with van der Waals surface area (Å²) in [4.78, 5) is 38.2. The van der Waals surface area contributed by atoms with Gasteiger partial charge in [0.15, 0.2) is 6.10 Å².